The zero-order valence-corrected chi connectivity index (χ0v) is 15.3. The van der Waals surface area contributed by atoms with Crippen LogP contribution in [0.3, 0.4) is 0 Å². The summed E-state index contributed by atoms with van der Waals surface area (Å²) in [5.41, 5.74) is 1.40. The van der Waals surface area contributed by atoms with E-state index in [0.29, 0.717) is 17.0 Å². The molecule has 0 radical (unpaired) electrons. The number of hydrogen-bond acceptors (Lipinski definition) is 4. The number of halogens is 1. The van der Waals surface area contributed by atoms with E-state index in [1.54, 1.807) is 55.6 Å². The van der Waals surface area contributed by atoms with Crippen molar-refractivity contribution in [2.45, 2.75) is 13.0 Å². The number of benzene rings is 2. The number of rotatable bonds is 4. The summed E-state index contributed by atoms with van der Waals surface area (Å²) < 4.78 is 6.03. The van der Waals surface area contributed by atoms with E-state index >= 15 is 0 Å². The number of aliphatic hydroxyl groups excluding tert-OH is 1. The van der Waals surface area contributed by atoms with Crippen LogP contribution in [0.25, 0.3) is 0 Å². The Morgan fingerprint density at radius 1 is 1.12 bits per heavy atom. The maximum atomic E-state index is 12.6. The average molecular weight is 402 g/mol. The molecule has 1 N–H and O–H groups in total. The Kier molecular flexibility index (Phi) is 4.63. The second-order valence-electron chi connectivity index (χ2n) is 5.65. The molecular formula is C19H16BrNO4. The monoisotopic (exact) mass is 401 g/mol. The van der Waals surface area contributed by atoms with Crippen LogP contribution in [0.4, 0.5) is 5.69 Å². The van der Waals surface area contributed by atoms with Gasteiger partial charge < -0.3 is 9.84 Å². The van der Waals surface area contributed by atoms with Crippen molar-refractivity contribution in [3.8, 4) is 5.75 Å². The first-order valence-corrected chi connectivity index (χ1v) is 8.40. The van der Waals surface area contributed by atoms with Crippen LogP contribution in [-0.2, 0) is 9.59 Å². The summed E-state index contributed by atoms with van der Waals surface area (Å²) in [5, 5.41) is 10.3. The Bertz CT molecular complexity index is 856. The quantitative estimate of drug-likeness (QED) is 0.841. The molecule has 6 heteroatoms. The molecule has 0 saturated carbocycles. The maximum absolute atomic E-state index is 12.6. The fourth-order valence-corrected chi connectivity index (χ4v) is 3.20. The van der Waals surface area contributed by atoms with Crippen molar-refractivity contribution in [2.24, 2.45) is 0 Å². The van der Waals surface area contributed by atoms with E-state index in [0.717, 1.165) is 4.47 Å². The minimum atomic E-state index is -0.683. The Labute approximate surface area is 153 Å². The van der Waals surface area contributed by atoms with Crippen molar-refractivity contribution >= 4 is 33.3 Å². The third-order valence-corrected chi connectivity index (χ3v) is 4.65. The summed E-state index contributed by atoms with van der Waals surface area (Å²) in [6, 6.07) is 13.5. The van der Waals surface area contributed by atoms with Crippen molar-refractivity contribution in [2.75, 3.05) is 12.0 Å². The van der Waals surface area contributed by atoms with Gasteiger partial charge in [0.15, 0.2) is 11.5 Å². The van der Waals surface area contributed by atoms with Crippen LogP contribution in [0.5, 0.6) is 5.75 Å². The van der Waals surface area contributed by atoms with Crippen LogP contribution < -0.4 is 9.64 Å². The highest BCUT2D eigenvalue weighted by atomic mass is 79.9. The molecule has 0 spiro atoms. The van der Waals surface area contributed by atoms with Gasteiger partial charge in [0.05, 0.1) is 18.7 Å². The van der Waals surface area contributed by atoms with Crippen molar-refractivity contribution in [1.29, 1.82) is 0 Å². The standard InChI is InChI=1S/C19H16BrNO4/c1-11(22)16-17(12-3-9-15(25-2)10-4-12)21(19(24)18(16)23)14-7-5-13(20)6-8-14/h3-10,17,23H,1-2H3/t17-/m0/s1. The summed E-state index contributed by atoms with van der Waals surface area (Å²) in [4.78, 5) is 26.2. The normalized spacial score (nSPS) is 17.2. The number of carbonyl (C=O) groups excluding carboxylic acids is 2. The maximum Gasteiger partial charge on any atom is 0.294 e. The zero-order valence-electron chi connectivity index (χ0n) is 13.7. The number of nitrogens with zero attached hydrogens (tertiary/aromatic N) is 1. The van der Waals surface area contributed by atoms with Gasteiger partial charge in [-0.15, -0.1) is 0 Å². The lowest BCUT2D eigenvalue weighted by molar-refractivity contribution is -0.117. The van der Waals surface area contributed by atoms with Gasteiger partial charge in [0, 0.05) is 10.2 Å². The summed E-state index contributed by atoms with van der Waals surface area (Å²) >= 11 is 3.36. The molecule has 2 aromatic carbocycles. The average Bonchev–Trinajstić information content (AvgIpc) is 2.87. The Hall–Kier alpha value is -2.60. The molecule has 0 saturated heterocycles. The third-order valence-electron chi connectivity index (χ3n) is 4.12. The minimum absolute atomic E-state index is 0.0954. The molecule has 1 atom stereocenters. The lowest BCUT2D eigenvalue weighted by Gasteiger charge is -2.26. The molecule has 3 rings (SSSR count). The van der Waals surface area contributed by atoms with E-state index in [4.69, 9.17) is 4.74 Å². The summed E-state index contributed by atoms with van der Waals surface area (Å²) in [7, 11) is 1.56. The number of methoxy groups -OCH3 is 1. The van der Waals surface area contributed by atoms with Gasteiger partial charge in [-0.05, 0) is 48.9 Å². The number of hydrogen-bond donors (Lipinski definition) is 1. The molecule has 1 amide bonds. The molecule has 0 aromatic heterocycles. The minimum Gasteiger partial charge on any atom is -0.503 e. The third kappa shape index (κ3) is 3.05. The number of Topliss-reactive ketones (excluding diaryl/α,β-unsaturated/α-hetero) is 1. The van der Waals surface area contributed by atoms with Crippen LogP contribution in [0.15, 0.2) is 64.3 Å². The van der Waals surface area contributed by atoms with Crippen molar-refractivity contribution < 1.29 is 19.4 Å². The number of anilines is 1. The fourth-order valence-electron chi connectivity index (χ4n) is 2.93. The van der Waals surface area contributed by atoms with Crippen LogP contribution in [0, 0.1) is 0 Å². The van der Waals surface area contributed by atoms with Gasteiger partial charge in [-0.2, -0.15) is 0 Å². The van der Waals surface area contributed by atoms with Gasteiger partial charge in [0.2, 0.25) is 0 Å². The molecule has 0 aliphatic carbocycles. The SMILES string of the molecule is COc1ccc([C@H]2C(C(C)=O)=C(O)C(=O)N2c2ccc(Br)cc2)cc1. The summed E-state index contributed by atoms with van der Waals surface area (Å²) in [6.45, 7) is 1.35. The lowest BCUT2D eigenvalue weighted by atomic mass is 9.96. The Balaban J connectivity index is 2.13. The van der Waals surface area contributed by atoms with Crippen LogP contribution in [0.2, 0.25) is 0 Å². The van der Waals surface area contributed by atoms with Gasteiger partial charge in [-0.25, -0.2) is 0 Å². The first kappa shape index (κ1) is 17.2. The van der Waals surface area contributed by atoms with Gasteiger partial charge in [0.1, 0.15) is 5.75 Å². The van der Waals surface area contributed by atoms with E-state index < -0.39 is 17.7 Å². The molecule has 0 unspecified atom stereocenters. The molecule has 2 aromatic rings. The number of aliphatic hydroxyl groups is 1. The highest BCUT2D eigenvalue weighted by Crippen LogP contribution is 2.41. The summed E-state index contributed by atoms with van der Waals surface area (Å²) in [5.74, 6) is -0.767. The van der Waals surface area contributed by atoms with E-state index in [9.17, 15) is 14.7 Å². The second kappa shape index (κ2) is 6.72. The molecule has 5 nitrogen and oxygen atoms in total. The van der Waals surface area contributed by atoms with Crippen LogP contribution >= 0.6 is 15.9 Å². The van der Waals surface area contributed by atoms with E-state index in [2.05, 4.69) is 15.9 Å². The molecule has 128 valence electrons. The molecular weight excluding hydrogens is 386 g/mol. The Morgan fingerprint density at radius 2 is 1.72 bits per heavy atom. The van der Waals surface area contributed by atoms with Gasteiger partial charge in [0.25, 0.3) is 5.91 Å². The van der Waals surface area contributed by atoms with E-state index in [1.165, 1.54) is 11.8 Å². The van der Waals surface area contributed by atoms with Crippen molar-refractivity contribution in [3.63, 3.8) is 0 Å². The number of ketones is 1. The molecule has 25 heavy (non-hydrogen) atoms. The van der Waals surface area contributed by atoms with Crippen molar-refractivity contribution in [1.82, 2.24) is 0 Å². The summed E-state index contributed by atoms with van der Waals surface area (Å²) in [6.07, 6.45) is 0. The molecule has 0 fully saturated rings. The topological polar surface area (TPSA) is 66.8 Å². The highest BCUT2D eigenvalue weighted by Gasteiger charge is 2.43. The second-order valence-corrected chi connectivity index (χ2v) is 6.56. The highest BCUT2D eigenvalue weighted by molar-refractivity contribution is 9.10. The first-order chi connectivity index (χ1) is 11.9. The first-order valence-electron chi connectivity index (χ1n) is 7.61. The van der Waals surface area contributed by atoms with E-state index in [1.807, 2.05) is 0 Å². The van der Waals surface area contributed by atoms with Gasteiger partial charge >= 0.3 is 0 Å². The van der Waals surface area contributed by atoms with Gasteiger partial charge in [-0.3, -0.25) is 14.5 Å². The lowest BCUT2D eigenvalue weighted by Crippen LogP contribution is -2.30. The molecule has 0 bridgehead atoms. The fraction of sp³-hybridized carbons (Fsp3) is 0.158. The van der Waals surface area contributed by atoms with Crippen LogP contribution in [0.1, 0.15) is 18.5 Å². The predicted octanol–water partition coefficient (Wildman–Crippen LogP) is 3.95. The largest absolute Gasteiger partial charge is 0.503 e. The van der Waals surface area contributed by atoms with Crippen molar-refractivity contribution in [3.05, 3.63) is 69.9 Å². The smallest absolute Gasteiger partial charge is 0.294 e. The van der Waals surface area contributed by atoms with E-state index in [-0.39, 0.29) is 11.4 Å². The molecule has 1 aliphatic heterocycles. The van der Waals surface area contributed by atoms with Crippen LogP contribution in [-0.4, -0.2) is 23.9 Å². The Morgan fingerprint density at radius 3 is 2.24 bits per heavy atom. The number of amides is 1. The van der Waals surface area contributed by atoms with Gasteiger partial charge in [-0.1, -0.05) is 28.1 Å². The predicted molar refractivity (Wildman–Crippen MR) is 97.7 cm³/mol. The number of carbonyl (C=O) groups is 2. The number of ether oxygens (including phenoxy) is 1. The zero-order chi connectivity index (χ0) is 18.1. The molecule has 1 heterocycles. The molecule has 1 aliphatic rings.